The van der Waals surface area contributed by atoms with Gasteiger partial charge in [-0.15, -0.1) is 11.3 Å². The lowest BCUT2D eigenvalue weighted by Gasteiger charge is -2.18. The molecule has 0 spiro atoms. The monoisotopic (exact) mass is 384 g/mol. The molecule has 0 aliphatic heterocycles. The Balaban J connectivity index is 1.71. The van der Waals surface area contributed by atoms with Crippen molar-refractivity contribution in [3.63, 3.8) is 0 Å². The number of benzene rings is 1. The van der Waals surface area contributed by atoms with Gasteiger partial charge in [-0.25, -0.2) is 9.78 Å². The van der Waals surface area contributed by atoms with Crippen LogP contribution >= 0.6 is 11.3 Å². The number of fused-ring (bicyclic) bond motifs is 1. The van der Waals surface area contributed by atoms with Crippen LogP contribution in [0.1, 0.15) is 47.4 Å². The van der Waals surface area contributed by atoms with Gasteiger partial charge in [-0.05, 0) is 43.9 Å². The van der Waals surface area contributed by atoms with Crippen LogP contribution in [-0.4, -0.2) is 33.7 Å². The quantitative estimate of drug-likeness (QED) is 0.673. The normalized spacial score (nSPS) is 15.0. The van der Waals surface area contributed by atoms with Gasteiger partial charge >= 0.3 is 5.97 Å². The van der Waals surface area contributed by atoms with Gasteiger partial charge in [0.25, 0.3) is 0 Å². The smallest absolute Gasteiger partial charge is 0.355 e. The van der Waals surface area contributed by atoms with Gasteiger partial charge < -0.3 is 14.6 Å². The van der Waals surface area contributed by atoms with Gasteiger partial charge in [-0.1, -0.05) is 12.1 Å². The van der Waals surface area contributed by atoms with Gasteiger partial charge in [0, 0.05) is 17.1 Å². The summed E-state index contributed by atoms with van der Waals surface area (Å²) in [5.41, 5.74) is 1.42. The van der Waals surface area contributed by atoms with E-state index in [1.165, 1.54) is 24.2 Å². The van der Waals surface area contributed by atoms with Gasteiger partial charge in [-0.2, -0.15) is 0 Å². The number of aromatic nitrogens is 2. The van der Waals surface area contributed by atoms with Crippen molar-refractivity contribution in [3.05, 3.63) is 46.7 Å². The third kappa shape index (κ3) is 3.42. The van der Waals surface area contributed by atoms with Crippen molar-refractivity contribution in [2.75, 3.05) is 7.11 Å². The largest absolute Gasteiger partial charge is 0.493 e. The Hall–Kier alpha value is -2.80. The number of carboxylic acid groups (broad SMARTS) is 1. The Bertz CT molecular complexity index is 999. The van der Waals surface area contributed by atoms with Crippen LogP contribution < -0.4 is 9.47 Å². The lowest BCUT2D eigenvalue weighted by Crippen LogP contribution is -2.12. The Kier molecular flexibility index (Phi) is 4.85. The first-order valence-corrected chi connectivity index (χ1v) is 9.76. The molecule has 1 saturated carbocycles. The molecule has 0 bridgehead atoms. The number of ether oxygens (including phenoxy) is 2. The zero-order chi connectivity index (χ0) is 18.8. The number of rotatable bonds is 6. The number of aromatic carboxylic acids is 1. The molecule has 0 amide bonds. The molecule has 4 rings (SSSR count). The number of para-hydroxylation sites is 1. The van der Waals surface area contributed by atoms with Gasteiger partial charge in [0.15, 0.2) is 22.2 Å². The summed E-state index contributed by atoms with van der Waals surface area (Å²) >= 11 is 1.40. The van der Waals surface area contributed by atoms with Crippen molar-refractivity contribution in [3.8, 4) is 11.5 Å². The van der Waals surface area contributed by atoms with E-state index >= 15 is 0 Å². The fourth-order valence-electron chi connectivity index (χ4n) is 3.42. The Morgan fingerprint density at radius 1 is 1.33 bits per heavy atom. The van der Waals surface area contributed by atoms with Crippen LogP contribution in [0, 0.1) is 0 Å². The minimum absolute atomic E-state index is 0.156. The van der Waals surface area contributed by atoms with Crippen molar-refractivity contribution in [2.45, 2.75) is 31.8 Å². The maximum Gasteiger partial charge on any atom is 0.355 e. The Labute approximate surface area is 160 Å². The highest BCUT2D eigenvalue weighted by molar-refractivity contribution is 7.15. The van der Waals surface area contributed by atoms with E-state index < -0.39 is 5.97 Å². The Morgan fingerprint density at radius 3 is 2.89 bits per heavy atom. The molecule has 0 saturated heterocycles. The molecule has 1 N–H and O–H groups in total. The number of nitrogens with zero attached hydrogens (tertiary/aromatic N) is 2. The van der Waals surface area contributed by atoms with Crippen LogP contribution in [0.25, 0.3) is 17.1 Å². The fraction of sp³-hybridized carbons (Fsp3) is 0.300. The minimum Gasteiger partial charge on any atom is -0.493 e. The lowest BCUT2D eigenvalue weighted by atomic mass is 10.1. The molecular formula is C20H20N2O4S. The predicted octanol–water partition coefficient (Wildman–Crippen LogP) is 4.59. The fourth-order valence-corrected chi connectivity index (χ4v) is 4.14. The predicted molar refractivity (Wildman–Crippen MR) is 105 cm³/mol. The minimum atomic E-state index is -1.01. The molecule has 1 aliphatic rings. The number of carboxylic acids is 1. The van der Waals surface area contributed by atoms with Crippen molar-refractivity contribution in [1.29, 1.82) is 0 Å². The summed E-state index contributed by atoms with van der Waals surface area (Å²) in [7, 11) is 1.62. The lowest BCUT2D eigenvalue weighted by molar-refractivity contribution is 0.0689. The summed E-state index contributed by atoms with van der Waals surface area (Å²) in [6.45, 7) is 0. The van der Waals surface area contributed by atoms with Crippen LogP contribution in [-0.2, 0) is 0 Å². The van der Waals surface area contributed by atoms with Crippen molar-refractivity contribution < 1.29 is 19.4 Å². The second-order valence-corrected chi connectivity index (χ2v) is 7.32. The number of imidazole rings is 1. The summed E-state index contributed by atoms with van der Waals surface area (Å²) in [6, 6.07) is 5.70. The van der Waals surface area contributed by atoms with E-state index in [-0.39, 0.29) is 11.8 Å². The first-order chi connectivity index (χ1) is 13.2. The van der Waals surface area contributed by atoms with Crippen LogP contribution in [0.15, 0.2) is 29.8 Å². The van der Waals surface area contributed by atoms with Crippen molar-refractivity contribution >= 4 is 34.4 Å². The third-order valence-corrected chi connectivity index (χ3v) is 5.49. The summed E-state index contributed by atoms with van der Waals surface area (Å²) in [5, 5.41) is 11.4. The highest BCUT2D eigenvalue weighted by Gasteiger charge is 2.21. The summed E-state index contributed by atoms with van der Waals surface area (Å²) < 4.78 is 13.3. The zero-order valence-electron chi connectivity index (χ0n) is 14.9. The van der Waals surface area contributed by atoms with Gasteiger partial charge in [-0.3, -0.25) is 4.40 Å². The first kappa shape index (κ1) is 17.6. The molecule has 140 valence electrons. The molecule has 0 atom stereocenters. The molecule has 1 aliphatic carbocycles. The van der Waals surface area contributed by atoms with Crippen LogP contribution in [0.3, 0.4) is 0 Å². The third-order valence-electron chi connectivity index (χ3n) is 4.73. The highest BCUT2D eigenvalue weighted by Crippen LogP contribution is 2.36. The molecule has 3 aromatic rings. The molecule has 1 fully saturated rings. The topological polar surface area (TPSA) is 73.1 Å². The highest BCUT2D eigenvalue weighted by atomic mass is 32.1. The maximum atomic E-state index is 11.7. The van der Waals surface area contributed by atoms with Gasteiger partial charge in [0.1, 0.15) is 0 Å². The second kappa shape index (κ2) is 7.44. The molecule has 6 nitrogen and oxygen atoms in total. The average Bonchev–Trinajstić information content (AvgIpc) is 3.37. The number of hydrogen-bond donors (Lipinski definition) is 1. The molecule has 7 heteroatoms. The van der Waals surface area contributed by atoms with Crippen molar-refractivity contribution in [1.82, 2.24) is 9.38 Å². The van der Waals surface area contributed by atoms with E-state index in [0.717, 1.165) is 18.4 Å². The number of carbonyl (C=O) groups is 1. The summed E-state index contributed by atoms with van der Waals surface area (Å²) in [4.78, 5) is 16.7. The molecule has 2 aromatic heterocycles. The number of hydrogen-bond acceptors (Lipinski definition) is 5. The van der Waals surface area contributed by atoms with E-state index in [0.29, 0.717) is 22.2 Å². The van der Waals surface area contributed by atoms with Gasteiger partial charge in [0.2, 0.25) is 0 Å². The zero-order valence-corrected chi connectivity index (χ0v) is 15.7. The number of methoxy groups -OCH3 is 1. The molecular weight excluding hydrogens is 364 g/mol. The van der Waals surface area contributed by atoms with Crippen LogP contribution in [0.4, 0.5) is 0 Å². The maximum absolute atomic E-state index is 11.7. The first-order valence-electron chi connectivity index (χ1n) is 8.88. The molecule has 0 radical (unpaired) electrons. The molecule has 0 unspecified atom stereocenters. The van der Waals surface area contributed by atoms with E-state index in [2.05, 4.69) is 4.98 Å². The molecule has 27 heavy (non-hydrogen) atoms. The molecule has 1 aromatic carbocycles. The van der Waals surface area contributed by atoms with Crippen molar-refractivity contribution in [2.24, 2.45) is 0 Å². The Morgan fingerprint density at radius 2 is 2.15 bits per heavy atom. The SMILES string of the molecule is COc1cccc(/C=C/c2nc3sccn3c2C(=O)O)c1OC1CCCC1. The van der Waals surface area contributed by atoms with Gasteiger partial charge in [0.05, 0.1) is 18.9 Å². The van der Waals surface area contributed by atoms with Crippen LogP contribution in [0.2, 0.25) is 0 Å². The van der Waals surface area contributed by atoms with E-state index in [1.54, 1.807) is 23.8 Å². The molecule has 2 heterocycles. The number of thiazole rings is 1. The van der Waals surface area contributed by atoms with E-state index in [4.69, 9.17) is 9.47 Å². The van der Waals surface area contributed by atoms with Crippen LogP contribution in [0.5, 0.6) is 11.5 Å². The second-order valence-electron chi connectivity index (χ2n) is 6.44. The summed E-state index contributed by atoms with van der Waals surface area (Å²) in [5.74, 6) is 0.364. The average molecular weight is 384 g/mol. The standard InChI is InChI=1S/C20H20N2O4S/c1-25-16-8-4-5-13(18(16)26-14-6-2-3-7-14)9-10-15-17(19(23)24)22-11-12-27-20(22)21-15/h4-5,8-12,14H,2-3,6-7H2,1H3,(H,23,24)/b10-9+. The summed E-state index contributed by atoms with van der Waals surface area (Å²) in [6.07, 6.45) is 9.92. The van der Waals surface area contributed by atoms with E-state index in [9.17, 15) is 9.90 Å². The van der Waals surface area contributed by atoms with E-state index in [1.807, 2.05) is 29.7 Å².